The fraction of sp³-hybridized carbons (Fsp3) is 0.286. The molecule has 0 saturated heterocycles. The van der Waals surface area contributed by atoms with Gasteiger partial charge in [0.25, 0.3) is 0 Å². The smallest absolute Gasteiger partial charge is 0.328 e. The van der Waals surface area contributed by atoms with Crippen LogP contribution in [-0.2, 0) is 27.3 Å². The van der Waals surface area contributed by atoms with Gasteiger partial charge in [0.15, 0.2) is 0 Å². The number of benzene rings is 1. The molecule has 0 spiro atoms. The molecule has 1 amide bonds. The molecule has 1 aliphatic rings. The van der Waals surface area contributed by atoms with Crippen LogP contribution in [0.5, 0.6) is 0 Å². The number of esters is 1. The second-order valence-electron chi connectivity index (χ2n) is 4.33. The lowest BCUT2D eigenvalue weighted by Gasteiger charge is -2.34. The SMILES string of the molecule is C=CC(=O)N1Cc2cc(Br)ccc2C[C@H]1C(=O)OC. The van der Waals surface area contributed by atoms with Crippen LogP contribution in [0.3, 0.4) is 0 Å². The van der Waals surface area contributed by atoms with Crippen LogP contribution in [0.2, 0.25) is 0 Å². The molecule has 0 aliphatic carbocycles. The largest absolute Gasteiger partial charge is 0.467 e. The quantitative estimate of drug-likeness (QED) is 0.618. The second kappa shape index (κ2) is 5.57. The lowest BCUT2D eigenvalue weighted by Crippen LogP contribution is -2.48. The Morgan fingerprint density at radius 3 is 2.84 bits per heavy atom. The number of methoxy groups -OCH3 is 1. The number of nitrogens with zero attached hydrogens (tertiary/aromatic N) is 1. The summed E-state index contributed by atoms with van der Waals surface area (Å²) in [5, 5.41) is 0. The van der Waals surface area contributed by atoms with Crippen LogP contribution in [0.1, 0.15) is 11.1 Å². The van der Waals surface area contributed by atoms with Gasteiger partial charge < -0.3 is 9.64 Å². The molecule has 0 N–H and O–H groups in total. The topological polar surface area (TPSA) is 46.6 Å². The van der Waals surface area contributed by atoms with Crippen molar-refractivity contribution in [3.8, 4) is 0 Å². The van der Waals surface area contributed by atoms with Gasteiger partial charge in [-0.3, -0.25) is 4.79 Å². The van der Waals surface area contributed by atoms with E-state index in [2.05, 4.69) is 22.5 Å². The van der Waals surface area contributed by atoms with Crippen molar-refractivity contribution >= 4 is 27.8 Å². The summed E-state index contributed by atoms with van der Waals surface area (Å²) < 4.78 is 5.73. The highest BCUT2D eigenvalue weighted by atomic mass is 79.9. The molecule has 2 rings (SSSR count). The molecule has 100 valence electrons. The van der Waals surface area contributed by atoms with Crippen LogP contribution in [0.25, 0.3) is 0 Å². The van der Waals surface area contributed by atoms with Crippen LogP contribution < -0.4 is 0 Å². The summed E-state index contributed by atoms with van der Waals surface area (Å²) in [5.41, 5.74) is 2.09. The highest BCUT2D eigenvalue weighted by Gasteiger charge is 2.34. The molecule has 1 aliphatic heterocycles. The molecule has 0 bridgehead atoms. The second-order valence-corrected chi connectivity index (χ2v) is 5.24. The number of fused-ring (bicyclic) bond motifs is 1. The van der Waals surface area contributed by atoms with Gasteiger partial charge in [0.05, 0.1) is 7.11 Å². The first-order valence-corrected chi connectivity index (χ1v) is 6.64. The van der Waals surface area contributed by atoms with E-state index in [0.29, 0.717) is 13.0 Å². The summed E-state index contributed by atoms with van der Waals surface area (Å²) in [6, 6.07) is 5.28. The predicted octanol–water partition coefficient (Wildman–Crippen LogP) is 2.06. The monoisotopic (exact) mass is 323 g/mol. The first-order valence-electron chi connectivity index (χ1n) is 5.85. The Hall–Kier alpha value is -1.62. The first kappa shape index (κ1) is 13.8. The molecule has 4 nitrogen and oxygen atoms in total. The maximum Gasteiger partial charge on any atom is 0.328 e. The van der Waals surface area contributed by atoms with Crippen molar-refractivity contribution in [2.24, 2.45) is 0 Å². The molecule has 5 heteroatoms. The number of hydrogen-bond donors (Lipinski definition) is 0. The van der Waals surface area contributed by atoms with E-state index in [0.717, 1.165) is 15.6 Å². The van der Waals surface area contributed by atoms with Crippen LogP contribution in [0, 0.1) is 0 Å². The van der Waals surface area contributed by atoms with Gasteiger partial charge >= 0.3 is 5.97 Å². The van der Waals surface area contributed by atoms with Crippen molar-refractivity contribution in [2.45, 2.75) is 19.0 Å². The molecule has 0 radical (unpaired) electrons. The van der Waals surface area contributed by atoms with Crippen LogP contribution >= 0.6 is 15.9 Å². The minimum Gasteiger partial charge on any atom is -0.467 e. The van der Waals surface area contributed by atoms with Gasteiger partial charge in [-0.25, -0.2) is 4.79 Å². The van der Waals surface area contributed by atoms with Gasteiger partial charge in [-0.05, 0) is 29.3 Å². The van der Waals surface area contributed by atoms with Gasteiger partial charge in [-0.1, -0.05) is 28.6 Å². The Labute approximate surface area is 120 Å². The number of carbonyl (C=O) groups excluding carboxylic acids is 2. The summed E-state index contributed by atoms with van der Waals surface area (Å²) in [5.74, 6) is -0.662. The van der Waals surface area contributed by atoms with Crippen LogP contribution in [0.4, 0.5) is 0 Å². The van der Waals surface area contributed by atoms with E-state index >= 15 is 0 Å². The highest BCUT2D eigenvalue weighted by Crippen LogP contribution is 2.27. The fourth-order valence-electron chi connectivity index (χ4n) is 2.25. The standard InChI is InChI=1S/C14H14BrNO3/c1-3-13(17)16-8-10-6-11(15)5-4-9(10)7-12(16)14(18)19-2/h3-6,12H,1,7-8H2,2H3/t12-/m0/s1. The Morgan fingerprint density at radius 1 is 1.47 bits per heavy atom. The zero-order valence-corrected chi connectivity index (χ0v) is 12.1. The summed E-state index contributed by atoms with van der Waals surface area (Å²) in [6.07, 6.45) is 1.69. The molecule has 1 heterocycles. The van der Waals surface area contributed by atoms with E-state index in [-0.39, 0.29) is 5.91 Å². The van der Waals surface area contributed by atoms with E-state index < -0.39 is 12.0 Å². The fourth-order valence-corrected chi connectivity index (χ4v) is 2.66. The Morgan fingerprint density at radius 2 is 2.21 bits per heavy atom. The lowest BCUT2D eigenvalue weighted by atomic mass is 9.94. The average Bonchev–Trinajstić information content (AvgIpc) is 2.44. The summed E-state index contributed by atoms with van der Waals surface area (Å²) in [6.45, 7) is 3.86. The maximum absolute atomic E-state index is 11.9. The van der Waals surface area contributed by atoms with Gasteiger partial charge in [0.2, 0.25) is 5.91 Å². The Bertz CT molecular complexity index is 541. The van der Waals surface area contributed by atoms with E-state index in [4.69, 9.17) is 4.74 Å². The van der Waals surface area contributed by atoms with Crippen LogP contribution in [0.15, 0.2) is 35.3 Å². The lowest BCUT2D eigenvalue weighted by molar-refractivity contribution is -0.152. The molecule has 0 fully saturated rings. The first-order chi connectivity index (χ1) is 9.06. The molecular weight excluding hydrogens is 310 g/mol. The summed E-state index contributed by atoms with van der Waals surface area (Å²) in [4.78, 5) is 25.2. The third-order valence-electron chi connectivity index (χ3n) is 3.23. The molecular formula is C14H14BrNO3. The number of hydrogen-bond acceptors (Lipinski definition) is 3. The number of amides is 1. The van der Waals surface area contributed by atoms with Gasteiger partial charge in [-0.2, -0.15) is 0 Å². The summed E-state index contributed by atoms with van der Waals surface area (Å²) >= 11 is 3.41. The molecule has 1 aromatic carbocycles. The Balaban J connectivity index is 2.39. The van der Waals surface area contributed by atoms with Crippen molar-refractivity contribution in [1.82, 2.24) is 4.90 Å². The van der Waals surface area contributed by atoms with Gasteiger partial charge in [-0.15, -0.1) is 0 Å². The van der Waals surface area contributed by atoms with Crippen molar-refractivity contribution in [3.05, 3.63) is 46.5 Å². The van der Waals surface area contributed by atoms with E-state index in [1.54, 1.807) is 0 Å². The predicted molar refractivity (Wildman–Crippen MR) is 74.4 cm³/mol. The molecule has 19 heavy (non-hydrogen) atoms. The Kier molecular flexibility index (Phi) is 4.04. The number of rotatable bonds is 2. The number of carbonyl (C=O) groups is 2. The molecule has 1 aromatic rings. The van der Waals surface area contributed by atoms with Crippen molar-refractivity contribution in [2.75, 3.05) is 7.11 Å². The van der Waals surface area contributed by atoms with Crippen molar-refractivity contribution in [1.29, 1.82) is 0 Å². The minimum absolute atomic E-state index is 0.263. The normalized spacial score (nSPS) is 17.6. The molecule has 1 atom stereocenters. The number of halogens is 1. The molecule has 0 unspecified atom stereocenters. The average molecular weight is 324 g/mol. The van der Waals surface area contributed by atoms with Crippen molar-refractivity contribution < 1.29 is 14.3 Å². The van der Waals surface area contributed by atoms with Crippen LogP contribution in [-0.4, -0.2) is 29.9 Å². The van der Waals surface area contributed by atoms with Crippen molar-refractivity contribution in [3.63, 3.8) is 0 Å². The van der Waals surface area contributed by atoms with E-state index in [1.165, 1.54) is 18.1 Å². The molecule has 0 aromatic heterocycles. The number of ether oxygens (including phenoxy) is 1. The third kappa shape index (κ3) is 2.71. The van der Waals surface area contributed by atoms with Gasteiger partial charge in [0.1, 0.15) is 6.04 Å². The van der Waals surface area contributed by atoms with E-state index in [1.807, 2.05) is 18.2 Å². The highest BCUT2D eigenvalue weighted by molar-refractivity contribution is 9.10. The maximum atomic E-state index is 11.9. The third-order valence-corrected chi connectivity index (χ3v) is 3.72. The summed E-state index contributed by atoms with van der Waals surface area (Å²) in [7, 11) is 1.33. The van der Waals surface area contributed by atoms with E-state index in [9.17, 15) is 9.59 Å². The zero-order chi connectivity index (χ0) is 14.0. The molecule has 0 saturated carbocycles. The zero-order valence-electron chi connectivity index (χ0n) is 10.6. The minimum atomic E-state index is -0.579. The van der Waals surface area contributed by atoms with Gasteiger partial charge in [0, 0.05) is 17.4 Å².